The van der Waals surface area contributed by atoms with Crippen LogP contribution in [0.4, 0.5) is 0 Å². The lowest BCUT2D eigenvalue weighted by Gasteiger charge is -2.17. The van der Waals surface area contributed by atoms with Gasteiger partial charge < -0.3 is 19.7 Å². The number of ether oxygens (including phenoxy) is 2. The number of hydrogen-bond acceptors (Lipinski definition) is 4. The van der Waals surface area contributed by atoms with Gasteiger partial charge in [-0.05, 0) is 36.1 Å². The summed E-state index contributed by atoms with van der Waals surface area (Å²) in [5.74, 6) is 3.08. The Labute approximate surface area is 125 Å². The number of fused-ring (bicyclic) bond motifs is 1. The Balaban J connectivity index is 1.41. The van der Waals surface area contributed by atoms with Crippen LogP contribution in [0.2, 0.25) is 0 Å². The first-order valence-electron chi connectivity index (χ1n) is 7.51. The van der Waals surface area contributed by atoms with E-state index < -0.39 is 0 Å². The third-order valence-corrected chi connectivity index (χ3v) is 4.39. The summed E-state index contributed by atoms with van der Waals surface area (Å²) in [7, 11) is 1.63. The van der Waals surface area contributed by atoms with Crippen molar-refractivity contribution < 1.29 is 14.3 Å². The Kier molecular flexibility index (Phi) is 4.29. The SMILES string of the molecule is COc1ccc(OCCC(=O)N2C[C@H]3CNC[C@H]3C2)cc1. The average Bonchev–Trinajstić information content (AvgIpc) is 3.09. The van der Waals surface area contributed by atoms with Gasteiger partial charge in [-0.15, -0.1) is 0 Å². The van der Waals surface area contributed by atoms with Crippen molar-refractivity contribution in [1.29, 1.82) is 0 Å². The molecule has 114 valence electrons. The van der Waals surface area contributed by atoms with E-state index in [-0.39, 0.29) is 5.91 Å². The van der Waals surface area contributed by atoms with Gasteiger partial charge in [0, 0.05) is 26.2 Å². The van der Waals surface area contributed by atoms with Crippen LogP contribution in [0.1, 0.15) is 6.42 Å². The molecule has 0 radical (unpaired) electrons. The molecule has 1 amide bonds. The first-order chi connectivity index (χ1) is 10.3. The van der Waals surface area contributed by atoms with Gasteiger partial charge in [0.05, 0.1) is 20.1 Å². The molecule has 2 aliphatic rings. The van der Waals surface area contributed by atoms with Crippen LogP contribution in [0, 0.1) is 11.8 Å². The van der Waals surface area contributed by atoms with Crippen LogP contribution in [-0.2, 0) is 4.79 Å². The van der Waals surface area contributed by atoms with E-state index in [4.69, 9.17) is 9.47 Å². The highest BCUT2D eigenvalue weighted by Crippen LogP contribution is 2.26. The van der Waals surface area contributed by atoms with Crippen LogP contribution < -0.4 is 14.8 Å². The highest BCUT2D eigenvalue weighted by molar-refractivity contribution is 5.76. The Bertz CT molecular complexity index is 477. The Morgan fingerprint density at radius 2 is 1.81 bits per heavy atom. The predicted octanol–water partition coefficient (Wildman–Crippen LogP) is 1.14. The summed E-state index contributed by atoms with van der Waals surface area (Å²) in [4.78, 5) is 14.2. The van der Waals surface area contributed by atoms with Gasteiger partial charge in [0.1, 0.15) is 11.5 Å². The monoisotopic (exact) mass is 290 g/mol. The van der Waals surface area contributed by atoms with Crippen molar-refractivity contribution in [1.82, 2.24) is 10.2 Å². The molecule has 5 heteroatoms. The smallest absolute Gasteiger partial charge is 0.226 e. The molecule has 21 heavy (non-hydrogen) atoms. The number of hydrogen-bond donors (Lipinski definition) is 1. The minimum Gasteiger partial charge on any atom is -0.497 e. The molecule has 1 aromatic carbocycles. The number of rotatable bonds is 5. The molecule has 0 bridgehead atoms. The molecule has 0 saturated carbocycles. The van der Waals surface area contributed by atoms with E-state index in [2.05, 4.69) is 5.32 Å². The number of amides is 1. The molecule has 2 atom stereocenters. The zero-order valence-corrected chi connectivity index (χ0v) is 12.4. The van der Waals surface area contributed by atoms with E-state index in [1.807, 2.05) is 29.2 Å². The van der Waals surface area contributed by atoms with Gasteiger partial charge in [-0.1, -0.05) is 0 Å². The van der Waals surface area contributed by atoms with E-state index in [1.165, 1.54) is 0 Å². The molecule has 5 nitrogen and oxygen atoms in total. The number of nitrogens with one attached hydrogen (secondary N) is 1. The summed E-state index contributed by atoms with van der Waals surface area (Å²) in [6.45, 7) is 4.33. The topological polar surface area (TPSA) is 50.8 Å². The minimum absolute atomic E-state index is 0.206. The first kappa shape index (κ1) is 14.2. The van der Waals surface area contributed by atoms with Crippen LogP contribution >= 0.6 is 0 Å². The fourth-order valence-electron chi connectivity index (χ4n) is 3.15. The maximum Gasteiger partial charge on any atom is 0.226 e. The highest BCUT2D eigenvalue weighted by Gasteiger charge is 2.37. The lowest BCUT2D eigenvalue weighted by Crippen LogP contribution is -2.32. The third-order valence-electron chi connectivity index (χ3n) is 4.39. The van der Waals surface area contributed by atoms with Crippen molar-refractivity contribution in [2.24, 2.45) is 11.8 Å². The molecule has 1 aromatic rings. The third kappa shape index (κ3) is 3.29. The van der Waals surface area contributed by atoms with Gasteiger partial charge in [0.15, 0.2) is 0 Å². The zero-order valence-electron chi connectivity index (χ0n) is 12.4. The van der Waals surface area contributed by atoms with Gasteiger partial charge in [-0.3, -0.25) is 4.79 Å². The fourth-order valence-corrected chi connectivity index (χ4v) is 3.15. The highest BCUT2D eigenvalue weighted by atomic mass is 16.5. The van der Waals surface area contributed by atoms with Crippen LogP contribution in [0.25, 0.3) is 0 Å². The summed E-state index contributed by atoms with van der Waals surface area (Å²) in [6, 6.07) is 7.42. The van der Waals surface area contributed by atoms with Crippen molar-refractivity contribution in [2.45, 2.75) is 6.42 Å². The van der Waals surface area contributed by atoms with Crippen molar-refractivity contribution in [3.05, 3.63) is 24.3 Å². The fraction of sp³-hybridized carbons (Fsp3) is 0.562. The molecule has 2 aliphatic heterocycles. The lowest BCUT2D eigenvalue weighted by atomic mass is 10.0. The van der Waals surface area contributed by atoms with Crippen LogP contribution in [-0.4, -0.2) is 50.7 Å². The summed E-state index contributed by atoms with van der Waals surface area (Å²) >= 11 is 0. The molecular formula is C16H22N2O3. The molecule has 0 aromatic heterocycles. The maximum absolute atomic E-state index is 12.2. The van der Waals surface area contributed by atoms with Crippen molar-refractivity contribution in [3.63, 3.8) is 0 Å². The number of nitrogens with zero attached hydrogens (tertiary/aromatic N) is 1. The lowest BCUT2D eigenvalue weighted by molar-refractivity contribution is -0.130. The van der Waals surface area contributed by atoms with Crippen molar-refractivity contribution >= 4 is 5.91 Å². The zero-order chi connectivity index (χ0) is 14.7. The van der Waals surface area contributed by atoms with Gasteiger partial charge in [0.2, 0.25) is 5.91 Å². The molecule has 0 spiro atoms. The van der Waals surface area contributed by atoms with E-state index in [9.17, 15) is 4.79 Å². The second-order valence-electron chi connectivity index (χ2n) is 5.75. The molecule has 0 unspecified atom stereocenters. The summed E-state index contributed by atoms with van der Waals surface area (Å²) < 4.78 is 10.7. The van der Waals surface area contributed by atoms with Gasteiger partial charge in [-0.25, -0.2) is 0 Å². The first-order valence-corrected chi connectivity index (χ1v) is 7.51. The van der Waals surface area contributed by atoms with Crippen LogP contribution in [0.5, 0.6) is 11.5 Å². The number of likely N-dealkylation sites (tertiary alicyclic amines) is 1. The molecular weight excluding hydrogens is 268 g/mol. The summed E-state index contributed by atoms with van der Waals surface area (Å²) in [5.41, 5.74) is 0. The molecule has 2 saturated heterocycles. The standard InChI is InChI=1S/C16H22N2O3/c1-20-14-2-4-15(5-3-14)21-7-6-16(19)18-10-12-8-17-9-13(12)11-18/h2-5,12-13,17H,6-11H2,1H3/t12-,13+. The Hall–Kier alpha value is -1.75. The van der Waals surface area contributed by atoms with Crippen LogP contribution in [0.15, 0.2) is 24.3 Å². The second kappa shape index (κ2) is 6.35. The van der Waals surface area contributed by atoms with Gasteiger partial charge in [-0.2, -0.15) is 0 Å². The van der Waals surface area contributed by atoms with E-state index in [0.717, 1.165) is 37.7 Å². The van der Waals surface area contributed by atoms with E-state index in [1.54, 1.807) is 7.11 Å². The van der Waals surface area contributed by atoms with E-state index >= 15 is 0 Å². The molecule has 0 aliphatic carbocycles. The summed E-state index contributed by atoms with van der Waals surface area (Å²) in [6.07, 6.45) is 0.443. The minimum atomic E-state index is 0.206. The second-order valence-corrected chi connectivity index (χ2v) is 5.75. The number of carbonyl (C=O) groups excluding carboxylic acids is 1. The van der Waals surface area contributed by atoms with Gasteiger partial charge >= 0.3 is 0 Å². The average molecular weight is 290 g/mol. The number of carbonyl (C=O) groups is 1. The number of benzene rings is 1. The van der Waals surface area contributed by atoms with Crippen molar-refractivity contribution in [2.75, 3.05) is 39.9 Å². The Morgan fingerprint density at radius 3 is 2.43 bits per heavy atom. The van der Waals surface area contributed by atoms with Crippen molar-refractivity contribution in [3.8, 4) is 11.5 Å². The number of methoxy groups -OCH3 is 1. The molecule has 3 rings (SSSR count). The maximum atomic E-state index is 12.2. The normalized spacial score (nSPS) is 24.0. The predicted molar refractivity (Wildman–Crippen MR) is 79.5 cm³/mol. The van der Waals surface area contributed by atoms with Gasteiger partial charge in [0.25, 0.3) is 0 Å². The van der Waals surface area contributed by atoms with E-state index in [0.29, 0.717) is 24.9 Å². The van der Waals surface area contributed by atoms with Crippen LogP contribution in [0.3, 0.4) is 0 Å². The largest absolute Gasteiger partial charge is 0.497 e. The Morgan fingerprint density at radius 1 is 1.19 bits per heavy atom. The summed E-state index contributed by atoms with van der Waals surface area (Å²) in [5, 5.41) is 3.38. The molecule has 2 heterocycles. The molecule has 1 N–H and O–H groups in total. The quantitative estimate of drug-likeness (QED) is 0.883. The molecule has 2 fully saturated rings.